The number of rotatable bonds is 13. The van der Waals surface area contributed by atoms with Crippen molar-refractivity contribution in [2.45, 2.75) is 84.2 Å². The van der Waals surface area contributed by atoms with Crippen molar-refractivity contribution in [1.82, 2.24) is 26.6 Å². The fourth-order valence-electron chi connectivity index (χ4n) is 5.71. The lowest BCUT2D eigenvalue weighted by molar-refractivity contribution is -0.143. The normalized spacial score (nSPS) is 24.3. The zero-order chi connectivity index (χ0) is 38.0. The summed E-state index contributed by atoms with van der Waals surface area (Å²) in [6, 6.07) is 2.02. The Kier molecular flexibility index (Phi) is 11.8. The maximum atomic E-state index is 14.2. The summed E-state index contributed by atoms with van der Waals surface area (Å²) in [5.74, 6) is -7.03. The van der Waals surface area contributed by atoms with E-state index in [0.29, 0.717) is 0 Å². The number of hydrogen-bond donors (Lipinski definition) is 11. The highest BCUT2D eigenvalue weighted by Gasteiger charge is 2.51. The number of hydrogen-bond acceptors (Lipinski definition) is 13. The molecule has 2 aromatic carbocycles. The fourth-order valence-corrected chi connectivity index (χ4v) is 8.69. The molecule has 0 aromatic heterocycles. The van der Waals surface area contributed by atoms with E-state index in [4.69, 9.17) is 5.73 Å². The third kappa shape index (κ3) is 9.03. The number of aliphatic carboxylic acids is 3. The number of carbonyl (C=O) groups is 6. The molecule has 0 spiro atoms. The smallest absolute Gasteiger partial charge is 0.328 e. The third-order valence-electron chi connectivity index (χ3n) is 8.47. The van der Waals surface area contributed by atoms with Gasteiger partial charge in [-0.15, -0.1) is 23.5 Å². The van der Waals surface area contributed by atoms with E-state index in [-0.39, 0.29) is 22.6 Å². The fraction of sp³-hybridized carbons (Fsp3) is 0.438. The standard InChI is InChI=1S/C32H40N6O11S2/c1-31(2)21(29(46)47)37-26(50-31)19(35-23(41)17(33)13-5-9-15(39)10-6-13)25(43)34-18(14-7-11-16(40)12-8-14)24(42)36-20(28(44)45)27-38-22(30(48)49)32(3,4)51-27/h5-12,17-22,26-27,37-40H,33H2,1-4H3,(H,34,43)(H,35,41)(H,36,42)(H,44,45)(H,46,47)(H,48,49)/t17-,18-,19-,20+,21+,22+,26?,27?/m1/s1. The maximum absolute atomic E-state index is 14.2. The number of nitrogens with two attached hydrogens (primary N) is 1. The minimum absolute atomic E-state index is 0.0754. The van der Waals surface area contributed by atoms with Crippen molar-refractivity contribution in [2.75, 3.05) is 0 Å². The van der Waals surface area contributed by atoms with Gasteiger partial charge in [0.2, 0.25) is 17.7 Å². The van der Waals surface area contributed by atoms with Gasteiger partial charge in [0.1, 0.15) is 41.7 Å². The van der Waals surface area contributed by atoms with E-state index < -0.39 is 92.1 Å². The van der Waals surface area contributed by atoms with Gasteiger partial charge in [-0.3, -0.25) is 34.6 Å². The molecule has 276 valence electrons. The van der Waals surface area contributed by atoms with Crippen molar-refractivity contribution < 1.29 is 54.3 Å². The van der Waals surface area contributed by atoms with E-state index in [2.05, 4.69) is 26.6 Å². The number of carboxylic acid groups (broad SMARTS) is 3. The quantitative estimate of drug-likeness (QED) is 0.126. The Morgan fingerprint density at radius 2 is 1.06 bits per heavy atom. The molecule has 2 fully saturated rings. The lowest BCUT2D eigenvalue weighted by Crippen LogP contribution is -2.60. The molecule has 2 unspecified atom stereocenters. The van der Waals surface area contributed by atoms with Gasteiger partial charge in [-0.2, -0.15) is 0 Å². The van der Waals surface area contributed by atoms with Gasteiger partial charge in [0, 0.05) is 9.49 Å². The number of nitrogens with one attached hydrogen (secondary N) is 5. The van der Waals surface area contributed by atoms with E-state index in [1.54, 1.807) is 27.7 Å². The van der Waals surface area contributed by atoms with Crippen LogP contribution in [0.2, 0.25) is 0 Å². The molecule has 17 nitrogen and oxygen atoms in total. The molecule has 2 aliphatic heterocycles. The van der Waals surface area contributed by atoms with Crippen LogP contribution in [0.15, 0.2) is 48.5 Å². The number of thioether (sulfide) groups is 2. The SMILES string of the molecule is CC1(C)SC([C@H](NC(=O)[C@H](NC(=O)[C@@H](NC(=O)[C@H](N)c2ccc(O)cc2)C2N[C@@H](C(=O)O)C(C)(C)S2)c2ccc(O)cc2)C(=O)O)N[C@H]1C(=O)O. The highest BCUT2D eigenvalue weighted by atomic mass is 32.2. The van der Waals surface area contributed by atoms with E-state index >= 15 is 0 Å². The predicted molar refractivity (Wildman–Crippen MR) is 186 cm³/mol. The van der Waals surface area contributed by atoms with Gasteiger partial charge in [0.25, 0.3) is 0 Å². The van der Waals surface area contributed by atoms with Crippen LogP contribution in [0.4, 0.5) is 0 Å². The molecule has 8 atom stereocenters. The molecule has 0 bridgehead atoms. The van der Waals surface area contributed by atoms with Crippen LogP contribution in [0.25, 0.3) is 0 Å². The molecule has 2 saturated heterocycles. The van der Waals surface area contributed by atoms with E-state index in [1.165, 1.54) is 48.5 Å². The average molecular weight is 749 g/mol. The molecule has 0 radical (unpaired) electrons. The van der Waals surface area contributed by atoms with E-state index in [9.17, 15) is 54.3 Å². The molecule has 0 saturated carbocycles. The van der Waals surface area contributed by atoms with Gasteiger partial charge in [-0.05, 0) is 63.1 Å². The molecule has 4 rings (SSSR count). The highest BCUT2D eigenvalue weighted by molar-refractivity contribution is 8.01. The summed E-state index contributed by atoms with van der Waals surface area (Å²) in [6.45, 7) is 6.48. The Labute approximate surface area is 300 Å². The van der Waals surface area contributed by atoms with E-state index in [1.807, 2.05) is 0 Å². The first-order chi connectivity index (χ1) is 23.7. The zero-order valence-corrected chi connectivity index (χ0v) is 29.5. The topological polar surface area (TPSA) is 290 Å². The average Bonchev–Trinajstić information content (AvgIpc) is 3.55. The Balaban J connectivity index is 1.66. The monoisotopic (exact) mass is 748 g/mol. The summed E-state index contributed by atoms with van der Waals surface area (Å²) >= 11 is 2.05. The minimum Gasteiger partial charge on any atom is -0.508 e. The van der Waals surface area contributed by atoms with Crippen molar-refractivity contribution >= 4 is 59.2 Å². The van der Waals surface area contributed by atoms with Gasteiger partial charge in [0.15, 0.2) is 6.04 Å². The molecule has 2 heterocycles. The molecular formula is C32H40N6O11S2. The Hall–Kier alpha value is -4.56. The summed E-state index contributed by atoms with van der Waals surface area (Å²) < 4.78 is -1.94. The second kappa shape index (κ2) is 15.4. The molecular weight excluding hydrogens is 709 g/mol. The van der Waals surface area contributed by atoms with Gasteiger partial charge in [-0.1, -0.05) is 24.3 Å². The van der Waals surface area contributed by atoms with E-state index in [0.717, 1.165) is 23.5 Å². The van der Waals surface area contributed by atoms with Crippen LogP contribution in [0.5, 0.6) is 11.5 Å². The first kappa shape index (κ1) is 39.2. The van der Waals surface area contributed by atoms with Crippen LogP contribution < -0.4 is 32.3 Å². The summed E-state index contributed by atoms with van der Waals surface area (Å²) in [6.07, 6.45) is 0. The van der Waals surface area contributed by atoms with Crippen molar-refractivity contribution in [2.24, 2.45) is 5.73 Å². The van der Waals surface area contributed by atoms with Crippen molar-refractivity contribution in [1.29, 1.82) is 0 Å². The second-order valence-corrected chi connectivity index (χ2v) is 16.7. The van der Waals surface area contributed by atoms with Crippen LogP contribution in [-0.2, 0) is 28.8 Å². The van der Waals surface area contributed by atoms with Gasteiger partial charge in [0.05, 0.1) is 10.7 Å². The summed E-state index contributed by atoms with van der Waals surface area (Å²) in [4.78, 5) is 77.8. The van der Waals surface area contributed by atoms with Crippen molar-refractivity contribution in [3.63, 3.8) is 0 Å². The molecule has 2 aliphatic rings. The van der Waals surface area contributed by atoms with Crippen molar-refractivity contribution in [3.8, 4) is 11.5 Å². The highest BCUT2D eigenvalue weighted by Crippen LogP contribution is 2.40. The molecule has 0 aliphatic carbocycles. The molecule has 2 aromatic rings. The number of phenols is 2. The number of amides is 3. The number of carbonyl (C=O) groups excluding carboxylic acids is 3. The molecule has 19 heteroatoms. The van der Waals surface area contributed by atoms with Crippen LogP contribution in [0.1, 0.15) is 50.9 Å². The number of aromatic hydroxyl groups is 2. The zero-order valence-electron chi connectivity index (χ0n) is 27.8. The van der Waals surface area contributed by atoms with Gasteiger partial charge >= 0.3 is 17.9 Å². The number of benzene rings is 2. The molecule has 12 N–H and O–H groups in total. The van der Waals surface area contributed by atoms with Crippen LogP contribution in [0, 0.1) is 0 Å². The predicted octanol–water partition coefficient (Wildman–Crippen LogP) is -0.202. The largest absolute Gasteiger partial charge is 0.508 e. The van der Waals surface area contributed by atoms with Crippen molar-refractivity contribution in [3.05, 3.63) is 59.7 Å². The second-order valence-electron chi connectivity index (χ2n) is 13.1. The number of carboxylic acids is 3. The summed E-state index contributed by atoms with van der Waals surface area (Å²) in [5, 5.41) is 60.0. The third-order valence-corrected chi connectivity index (χ3v) is 11.5. The Morgan fingerprint density at radius 3 is 1.47 bits per heavy atom. The van der Waals surface area contributed by atoms with Gasteiger partial charge in [-0.25, -0.2) is 4.79 Å². The summed E-state index contributed by atoms with van der Waals surface area (Å²) in [7, 11) is 0. The molecule has 3 amide bonds. The first-order valence-corrected chi connectivity index (χ1v) is 17.3. The maximum Gasteiger partial charge on any atom is 0.328 e. The van der Waals surface area contributed by atoms with Gasteiger partial charge < -0.3 is 47.2 Å². The van der Waals surface area contributed by atoms with Crippen LogP contribution >= 0.6 is 23.5 Å². The lowest BCUT2D eigenvalue weighted by atomic mass is 10.0. The number of phenolic OH excluding ortho intramolecular Hbond substituents is 2. The van der Waals surface area contributed by atoms with Crippen LogP contribution in [-0.4, -0.2) is 106 Å². The Bertz CT molecular complexity index is 1670. The Morgan fingerprint density at radius 1 is 0.647 bits per heavy atom. The first-order valence-electron chi connectivity index (χ1n) is 15.5. The lowest BCUT2D eigenvalue weighted by Gasteiger charge is -2.29. The minimum atomic E-state index is -1.68. The van der Waals surface area contributed by atoms with Crippen LogP contribution in [0.3, 0.4) is 0 Å². The molecule has 51 heavy (non-hydrogen) atoms. The summed E-state index contributed by atoms with van der Waals surface area (Å²) in [5.41, 5.74) is 6.56.